The predicted octanol–water partition coefficient (Wildman–Crippen LogP) is 6.67. The number of hydrogen-bond acceptors (Lipinski definition) is 6. The van der Waals surface area contributed by atoms with E-state index >= 15 is 0 Å². The summed E-state index contributed by atoms with van der Waals surface area (Å²) in [6.45, 7) is 7.25. The van der Waals surface area contributed by atoms with Gasteiger partial charge in [0.1, 0.15) is 10.4 Å². The Morgan fingerprint density at radius 3 is 2.44 bits per heavy atom. The number of hydrogen-bond donors (Lipinski definition) is 1. The van der Waals surface area contributed by atoms with Gasteiger partial charge in [-0.25, -0.2) is 4.79 Å². The molecule has 0 spiro atoms. The molecule has 1 atom stereocenters. The van der Waals surface area contributed by atoms with Gasteiger partial charge in [-0.15, -0.1) is 0 Å². The maximum atomic E-state index is 13.0. The highest BCUT2D eigenvalue weighted by Gasteiger charge is 2.40. The molecule has 0 unspecified atom stereocenters. The number of thiocarbonyl (C=S) groups is 1. The third kappa shape index (κ3) is 8.31. The second-order valence-electron chi connectivity index (χ2n) is 8.30. The minimum absolute atomic E-state index is 0.281. The first-order chi connectivity index (χ1) is 16.4. The molecule has 6 nitrogen and oxygen atoms in total. The van der Waals surface area contributed by atoms with Gasteiger partial charge in [0.2, 0.25) is 0 Å². The molecule has 0 radical (unpaired) electrons. The normalized spacial score (nSPS) is 15.7. The summed E-state index contributed by atoms with van der Waals surface area (Å²) in [6.07, 6.45) is 10.9. The molecule has 1 heterocycles. The SMILES string of the molecule is CCCCCCCCOc1ccc(/C=C2/SC(=S)N([C@@H](CCCC)C(=O)O)C2=O)cc1OCC. The number of nitrogens with zero attached hydrogens (tertiary/aromatic N) is 1. The molecule has 1 saturated heterocycles. The number of benzene rings is 1. The van der Waals surface area contributed by atoms with E-state index in [-0.39, 0.29) is 10.2 Å². The lowest BCUT2D eigenvalue weighted by atomic mass is 10.1. The molecule has 1 aromatic rings. The lowest BCUT2D eigenvalue weighted by Crippen LogP contribution is -2.43. The average molecular weight is 508 g/mol. The molecule has 34 heavy (non-hydrogen) atoms. The second kappa shape index (κ2) is 15.0. The number of unbranched alkanes of at least 4 members (excludes halogenated alkanes) is 6. The van der Waals surface area contributed by atoms with Gasteiger partial charge in [0.15, 0.2) is 11.5 Å². The van der Waals surface area contributed by atoms with Crippen molar-refractivity contribution < 1.29 is 24.2 Å². The Kier molecular flexibility index (Phi) is 12.5. The van der Waals surface area contributed by atoms with Crippen molar-refractivity contribution in [1.82, 2.24) is 4.90 Å². The van der Waals surface area contributed by atoms with Crippen molar-refractivity contribution in [1.29, 1.82) is 0 Å². The zero-order valence-electron chi connectivity index (χ0n) is 20.5. The molecular formula is C26H37NO5S2. The van der Waals surface area contributed by atoms with Crippen LogP contribution in [-0.4, -0.2) is 45.5 Å². The predicted molar refractivity (Wildman–Crippen MR) is 142 cm³/mol. The Morgan fingerprint density at radius 1 is 1.06 bits per heavy atom. The molecule has 188 valence electrons. The van der Waals surface area contributed by atoms with Crippen LogP contribution in [0.1, 0.15) is 84.1 Å². The molecular weight excluding hydrogens is 470 g/mol. The van der Waals surface area contributed by atoms with Crippen molar-refractivity contribution in [3.63, 3.8) is 0 Å². The van der Waals surface area contributed by atoms with Gasteiger partial charge in [0, 0.05) is 0 Å². The largest absolute Gasteiger partial charge is 0.490 e. The van der Waals surface area contributed by atoms with Crippen LogP contribution in [0.25, 0.3) is 6.08 Å². The van der Waals surface area contributed by atoms with E-state index in [4.69, 9.17) is 21.7 Å². The van der Waals surface area contributed by atoms with Crippen LogP contribution in [0.5, 0.6) is 11.5 Å². The lowest BCUT2D eigenvalue weighted by Gasteiger charge is -2.22. The summed E-state index contributed by atoms with van der Waals surface area (Å²) in [5.74, 6) is -0.0777. The number of ether oxygens (including phenoxy) is 2. The van der Waals surface area contributed by atoms with Crippen LogP contribution >= 0.6 is 24.0 Å². The second-order valence-corrected chi connectivity index (χ2v) is 9.98. The van der Waals surface area contributed by atoms with Crippen molar-refractivity contribution in [3.8, 4) is 11.5 Å². The van der Waals surface area contributed by atoms with Gasteiger partial charge in [0.25, 0.3) is 5.91 Å². The summed E-state index contributed by atoms with van der Waals surface area (Å²) < 4.78 is 12.0. The average Bonchev–Trinajstić information content (AvgIpc) is 3.07. The maximum absolute atomic E-state index is 13.0. The Balaban J connectivity index is 2.09. The minimum atomic E-state index is -1.03. The molecule has 8 heteroatoms. The summed E-state index contributed by atoms with van der Waals surface area (Å²) in [6, 6.07) is 4.64. The van der Waals surface area contributed by atoms with Crippen LogP contribution in [-0.2, 0) is 9.59 Å². The summed E-state index contributed by atoms with van der Waals surface area (Å²) in [5, 5.41) is 9.63. The van der Waals surface area contributed by atoms with Crippen LogP contribution in [0.2, 0.25) is 0 Å². The fraction of sp³-hybridized carbons (Fsp3) is 0.577. The first-order valence-electron chi connectivity index (χ1n) is 12.3. The van der Waals surface area contributed by atoms with Gasteiger partial charge in [-0.1, -0.05) is 88.8 Å². The molecule has 1 amide bonds. The minimum Gasteiger partial charge on any atom is -0.490 e. The van der Waals surface area contributed by atoms with Crippen LogP contribution in [0.3, 0.4) is 0 Å². The first kappa shape index (κ1) is 28.2. The molecule has 0 aliphatic carbocycles. The number of rotatable bonds is 16. The van der Waals surface area contributed by atoms with Crippen LogP contribution < -0.4 is 9.47 Å². The van der Waals surface area contributed by atoms with E-state index in [9.17, 15) is 14.7 Å². The van der Waals surface area contributed by atoms with Crippen molar-refractivity contribution in [2.45, 2.75) is 84.6 Å². The van der Waals surface area contributed by atoms with Gasteiger partial charge in [-0.3, -0.25) is 9.69 Å². The van der Waals surface area contributed by atoms with Gasteiger partial charge in [-0.05, 0) is 43.5 Å². The highest BCUT2D eigenvalue weighted by molar-refractivity contribution is 8.26. The van der Waals surface area contributed by atoms with Crippen molar-refractivity contribution in [2.75, 3.05) is 13.2 Å². The number of amides is 1. The monoisotopic (exact) mass is 507 g/mol. The molecule has 2 rings (SSSR count). The van der Waals surface area contributed by atoms with Crippen LogP contribution in [0.15, 0.2) is 23.1 Å². The number of carboxylic acid groups (broad SMARTS) is 1. The molecule has 1 N–H and O–H groups in total. The third-order valence-electron chi connectivity index (χ3n) is 5.57. The van der Waals surface area contributed by atoms with Crippen LogP contribution in [0.4, 0.5) is 0 Å². The summed E-state index contributed by atoms with van der Waals surface area (Å²) in [7, 11) is 0. The van der Waals surface area contributed by atoms with Crippen molar-refractivity contribution in [2.24, 2.45) is 0 Å². The smallest absolute Gasteiger partial charge is 0.326 e. The molecule has 1 fully saturated rings. The number of carboxylic acids is 1. The number of carbonyl (C=O) groups is 2. The number of aliphatic carboxylic acids is 1. The quantitative estimate of drug-likeness (QED) is 0.152. The van der Waals surface area contributed by atoms with E-state index in [1.54, 1.807) is 6.08 Å². The van der Waals surface area contributed by atoms with E-state index in [2.05, 4.69) is 6.92 Å². The van der Waals surface area contributed by atoms with Crippen molar-refractivity contribution >= 4 is 46.3 Å². The molecule has 1 aromatic carbocycles. The number of thioether (sulfide) groups is 1. The van der Waals surface area contributed by atoms with Gasteiger partial charge in [0.05, 0.1) is 18.1 Å². The Labute approximate surface area is 213 Å². The topological polar surface area (TPSA) is 76.1 Å². The summed E-state index contributed by atoms with van der Waals surface area (Å²) in [5.41, 5.74) is 0.774. The lowest BCUT2D eigenvalue weighted by molar-refractivity contribution is -0.145. The van der Waals surface area contributed by atoms with E-state index in [1.165, 1.54) is 30.6 Å². The van der Waals surface area contributed by atoms with Gasteiger partial charge < -0.3 is 14.6 Å². The summed E-state index contributed by atoms with van der Waals surface area (Å²) >= 11 is 6.49. The van der Waals surface area contributed by atoms with Crippen molar-refractivity contribution in [3.05, 3.63) is 28.7 Å². The van der Waals surface area contributed by atoms with Gasteiger partial charge in [-0.2, -0.15) is 0 Å². The number of carbonyl (C=O) groups excluding carboxylic acids is 1. The third-order valence-corrected chi connectivity index (χ3v) is 6.90. The molecule has 1 aliphatic heterocycles. The first-order valence-corrected chi connectivity index (χ1v) is 13.5. The highest BCUT2D eigenvalue weighted by Crippen LogP contribution is 2.36. The molecule has 0 saturated carbocycles. The van der Waals surface area contributed by atoms with Crippen LogP contribution in [0, 0.1) is 0 Å². The molecule has 0 aromatic heterocycles. The van der Waals surface area contributed by atoms with E-state index in [0.717, 1.165) is 36.6 Å². The Hall–Kier alpha value is -2.06. The van der Waals surface area contributed by atoms with E-state index in [0.29, 0.717) is 42.5 Å². The maximum Gasteiger partial charge on any atom is 0.326 e. The molecule has 1 aliphatic rings. The van der Waals surface area contributed by atoms with E-state index < -0.39 is 12.0 Å². The fourth-order valence-corrected chi connectivity index (χ4v) is 5.08. The molecule has 0 bridgehead atoms. The Morgan fingerprint density at radius 2 is 1.76 bits per heavy atom. The zero-order valence-corrected chi connectivity index (χ0v) is 22.1. The summed E-state index contributed by atoms with van der Waals surface area (Å²) in [4.78, 5) is 26.4. The fourth-order valence-electron chi connectivity index (χ4n) is 3.73. The Bertz CT molecular complexity index is 871. The van der Waals surface area contributed by atoms with E-state index in [1.807, 2.05) is 32.0 Å². The highest BCUT2D eigenvalue weighted by atomic mass is 32.2. The standard InChI is InChI=1S/C26H37NO5S2/c1-4-7-9-10-11-12-16-32-21-15-14-19(17-22(21)31-6-3)18-23-24(28)27(26(33)34-23)20(25(29)30)13-8-5-2/h14-15,17-18,20H,4-13,16H2,1-3H3,(H,29,30)/b23-18+/t20-/m0/s1. The van der Waals surface area contributed by atoms with Gasteiger partial charge >= 0.3 is 5.97 Å². The zero-order chi connectivity index (χ0) is 24.9.